The van der Waals surface area contributed by atoms with Gasteiger partial charge >= 0.3 is 0 Å². The Morgan fingerprint density at radius 3 is 2.82 bits per heavy atom. The van der Waals surface area contributed by atoms with E-state index in [0.717, 1.165) is 30.0 Å². The van der Waals surface area contributed by atoms with Crippen LogP contribution in [0.5, 0.6) is 0 Å². The van der Waals surface area contributed by atoms with Crippen molar-refractivity contribution in [3.8, 4) is 0 Å². The van der Waals surface area contributed by atoms with Crippen molar-refractivity contribution in [1.29, 1.82) is 0 Å². The number of hydrogen-bond donors (Lipinski definition) is 2. The van der Waals surface area contributed by atoms with Crippen LogP contribution in [0.1, 0.15) is 52.4 Å². The zero-order chi connectivity index (χ0) is 24.5. The predicted molar refractivity (Wildman–Crippen MR) is 135 cm³/mol. The van der Waals surface area contributed by atoms with Crippen LogP contribution in [0, 0.1) is 5.92 Å². The molecule has 0 saturated heterocycles. The number of benzene rings is 1. The van der Waals surface area contributed by atoms with Crippen molar-refractivity contribution in [3.63, 3.8) is 0 Å². The van der Waals surface area contributed by atoms with Crippen molar-refractivity contribution in [3.05, 3.63) is 58.0 Å². The maximum atomic E-state index is 14.0. The molecule has 0 fully saturated rings. The van der Waals surface area contributed by atoms with Crippen LogP contribution in [-0.4, -0.2) is 32.3 Å². The molecule has 0 bridgehead atoms. The lowest BCUT2D eigenvalue weighted by Gasteiger charge is -2.38. The second-order valence-electron chi connectivity index (χ2n) is 9.15. The Morgan fingerprint density at radius 1 is 1.26 bits per heavy atom. The maximum absolute atomic E-state index is 14.0. The van der Waals surface area contributed by atoms with E-state index in [1.54, 1.807) is 44.2 Å². The Hall–Kier alpha value is -2.58. The van der Waals surface area contributed by atoms with Crippen LogP contribution in [0.15, 0.2) is 58.0 Å². The predicted octanol–water partition coefficient (Wildman–Crippen LogP) is 4.59. The molecule has 3 unspecified atom stereocenters. The number of amides is 2. The van der Waals surface area contributed by atoms with E-state index in [9.17, 15) is 18.0 Å². The molecule has 7 nitrogen and oxygen atoms in total. The number of allylic oxidation sites excluding steroid dienone is 5. The van der Waals surface area contributed by atoms with Gasteiger partial charge < -0.3 is 10.6 Å². The van der Waals surface area contributed by atoms with E-state index in [1.165, 1.54) is 0 Å². The summed E-state index contributed by atoms with van der Waals surface area (Å²) in [5.74, 6) is -1.24. The van der Waals surface area contributed by atoms with Gasteiger partial charge in [0.05, 0.1) is 22.7 Å². The molecule has 1 aromatic rings. The highest BCUT2D eigenvalue weighted by atomic mass is 35.5. The first-order chi connectivity index (χ1) is 16.2. The third-order valence-corrected chi connectivity index (χ3v) is 9.07. The number of halogens is 1. The Kier molecular flexibility index (Phi) is 7.19. The SMILES string of the molecule is CC1=C(Cl)CC(C)C(S(=O)(=O)N2c3ccccc3NC(=O)C2CC(=O)NC2C=CCCCC2)=C1. The molecule has 0 radical (unpaired) electrons. The number of carbonyl (C=O) groups excluding carboxylic acids is 2. The summed E-state index contributed by atoms with van der Waals surface area (Å²) in [6.45, 7) is 3.57. The third kappa shape index (κ3) is 4.93. The van der Waals surface area contributed by atoms with Crippen molar-refractivity contribution in [2.75, 3.05) is 9.62 Å². The molecule has 3 aliphatic rings. The lowest BCUT2D eigenvalue weighted by molar-refractivity contribution is -0.125. The van der Waals surface area contributed by atoms with Gasteiger partial charge in [-0.05, 0) is 62.3 Å². The highest BCUT2D eigenvalue weighted by molar-refractivity contribution is 7.96. The van der Waals surface area contributed by atoms with Gasteiger partial charge in [0.2, 0.25) is 11.8 Å². The third-order valence-electron chi connectivity index (χ3n) is 6.53. The van der Waals surface area contributed by atoms with Crippen LogP contribution in [0.25, 0.3) is 0 Å². The molecular weight excluding hydrogens is 474 g/mol. The van der Waals surface area contributed by atoms with Crippen LogP contribution >= 0.6 is 11.6 Å². The lowest BCUT2D eigenvalue weighted by Crippen LogP contribution is -2.53. The Balaban J connectivity index is 1.70. The first-order valence-electron chi connectivity index (χ1n) is 11.7. The van der Waals surface area contributed by atoms with Gasteiger partial charge in [-0.15, -0.1) is 0 Å². The zero-order valence-corrected chi connectivity index (χ0v) is 21.0. The van der Waals surface area contributed by atoms with Crippen LogP contribution in [0.2, 0.25) is 0 Å². The summed E-state index contributed by atoms with van der Waals surface area (Å²) in [6.07, 6.45) is 9.60. The fraction of sp³-hybridized carbons (Fsp3) is 0.440. The van der Waals surface area contributed by atoms with Gasteiger partial charge in [0.25, 0.3) is 10.0 Å². The lowest BCUT2D eigenvalue weighted by atomic mass is 9.99. The highest BCUT2D eigenvalue weighted by Gasteiger charge is 2.44. The van der Waals surface area contributed by atoms with Crippen molar-refractivity contribution >= 4 is 44.8 Å². The van der Waals surface area contributed by atoms with Gasteiger partial charge in [-0.3, -0.25) is 13.9 Å². The molecule has 1 heterocycles. The zero-order valence-electron chi connectivity index (χ0n) is 19.4. The molecule has 2 aliphatic carbocycles. The second-order valence-corrected chi connectivity index (χ2v) is 11.4. The molecule has 2 N–H and O–H groups in total. The summed E-state index contributed by atoms with van der Waals surface area (Å²) >= 11 is 6.27. The monoisotopic (exact) mass is 503 g/mol. The number of carbonyl (C=O) groups is 2. The number of fused-ring (bicyclic) bond motifs is 1. The maximum Gasteiger partial charge on any atom is 0.261 e. The topological polar surface area (TPSA) is 95.6 Å². The Bertz CT molecular complexity index is 1190. The molecule has 1 aromatic carbocycles. The van der Waals surface area contributed by atoms with Gasteiger partial charge in [-0.2, -0.15) is 0 Å². The molecule has 182 valence electrons. The van der Waals surface area contributed by atoms with E-state index >= 15 is 0 Å². The average molecular weight is 504 g/mol. The number of anilines is 2. The second kappa shape index (κ2) is 9.96. The number of nitrogens with zero attached hydrogens (tertiary/aromatic N) is 1. The molecule has 1 aliphatic heterocycles. The van der Waals surface area contributed by atoms with E-state index in [-0.39, 0.29) is 29.2 Å². The summed E-state index contributed by atoms with van der Waals surface area (Å²) in [5.41, 5.74) is 1.43. The number of sulfonamides is 1. The molecule has 2 amide bonds. The normalized spacial score (nSPS) is 25.3. The molecule has 0 saturated carbocycles. The van der Waals surface area contributed by atoms with Crippen LogP contribution < -0.4 is 14.9 Å². The quantitative estimate of drug-likeness (QED) is 0.574. The highest BCUT2D eigenvalue weighted by Crippen LogP contribution is 2.41. The molecule has 34 heavy (non-hydrogen) atoms. The van der Waals surface area contributed by atoms with E-state index < -0.39 is 22.0 Å². The van der Waals surface area contributed by atoms with Crippen molar-refractivity contribution in [2.45, 2.75) is 64.5 Å². The Morgan fingerprint density at radius 2 is 2.03 bits per heavy atom. The smallest absolute Gasteiger partial charge is 0.261 e. The van der Waals surface area contributed by atoms with Gasteiger partial charge in [-0.25, -0.2) is 8.42 Å². The first kappa shape index (κ1) is 24.5. The molecular formula is C25H30ClN3O4S. The summed E-state index contributed by atoms with van der Waals surface area (Å²) in [4.78, 5) is 26.3. The average Bonchev–Trinajstić information content (AvgIpc) is 3.05. The van der Waals surface area contributed by atoms with Gasteiger partial charge in [-0.1, -0.05) is 49.2 Å². The van der Waals surface area contributed by atoms with E-state index in [2.05, 4.69) is 16.7 Å². The van der Waals surface area contributed by atoms with Crippen molar-refractivity contribution in [2.24, 2.45) is 5.92 Å². The fourth-order valence-corrected chi connectivity index (χ4v) is 7.04. The van der Waals surface area contributed by atoms with E-state index in [4.69, 9.17) is 11.6 Å². The van der Waals surface area contributed by atoms with Gasteiger partial charge in [0.15, 0.2) is 0 Å². The minimum Gasteiger partial charge on any atom is -0.350 e. The van der Waals surface area contributed by atoms with Crippen LogP contribution in [0.4, 0.5) is 11.4 Å². The summed E-state index contributed by atoms with van der Waals surface area (Å²) < 4.78 is 29.1. The first-order valence-corrected chi connectivity index (χ1v) is 13.5. The summed E-state index contributed by atoms with van der Waals surface area (Å²) in [5, 5.41) is 6.35. The standard InChI is InChI=1S/C25H30ClN3O4S/c1-16-14-23(17(2)13-19(16)26)34(32,33)29-21-12-8-7-11-20(21)28-25(31)22(29)15-24(30)27-18-9-5-3-4-6-10-18/h5,7-9,11-12,14,17-18,22H,3-4,6,10,13,15H2,1-2H3,(H,27,30)(H,28,31). The number of para-hydroxylation sites is 2. The minimum atomic E-state index is -4.12. The van der Waals surface area contributed by atoms with E-state index in [0.29, 0.717) is 28.4 Å². The van der Waals surface area contributed by atoms with Gasteiger partial charge in [0, 0.05) is 11.1 Å². The molecule has 0 aromatic heterocycles. The largest absolute Gasteiger partial charge is 0.350 e. The number of rotatable bonds is 5. The molecule has 0 spiro atoms. The van der Waals surface area contributed by atoms with Crippen LogP contribution in [0.3, 0.4) is 0 Å². The molecule has 3 atom stereocenters. The van der Waals surface area contributed by atoms with E-state index in [1.807, 2.05) is 6.08 Å². The summed E-state index contributed by atoms with van der Waals surface area (Å²) in [7, 11) is -4.12. The van der Waals surface area contributed by atoms with Crippen LogP contribution in [-0.2, 0) is 19.6 Å². The number of nitrogens with one attached hydrogen (secondary N) is 2. The van der Waals surface area contributed by atoms with Gasteiger partial charge in [0.1, 0.15) is 6.04 Å². The molecule has 4 rings (SSSR count). The van der Waals surface area contributed by atoms with Crippen molar-refractivity contribution in [1.82, 2.24) is 5.32 Å². The Labute approximate surface area is 206 Å². The number of hydrogen-bond acceptors (Lipinski definition) is 4. The fourth-order valence-electron chi connectivity index (χ4n) is 4.69. The minimum absolute atomic E-state index is 0.116. The summed E-state index contributed by atoms with van der Waals surface area (Å²) in [6, 6.07) is 5.43. The van der Waals surface area contributed by atoms with Crippen molar-refractivity contribution < 1.29 is 18.0 Å². The molecule has 9 heteroatoms.